The van der Waals surface area contributed by atoms with Crippen molar-refractivity contribution < 1.29 is 23.8 Å². The van der Waals surface area contributed by atoms with E-state index in [9.17, 15) is 9.59 Å². The largest absolute Gasteiger partial charge is 0.486 e. The third-order valence-electron chi connectivity index (χ3n) is 5.12. The number of carbonyl (C=O) groups excluding carboxylic acids is 1. The molecule has 1 amide bonds. The molecule has 1 saturated carbocycles. The van der Waals surface area contributed by atoms with Crippen LogP contribution in [0.3, 0.4) is 0 Å². The third-order valence-corrected chi connectivity index (χ3v) is 5.12. The molecule has 3 N–H and O–H groups in total. The zero-order valence-corrected chi connectivity index (χ0v) is 16.6. The van der Waals surface area contributed by atoms with Crippen LogP contribution in [-0.2, 0) is 4.79 Å². The molecular weight excluding hydrogens is 370 g/mol. The van der Waals surface area contributed by atoms with E-state index in [0.717, 1.165) is 24.8 Å². The first-order chi connectivity index (χ1) is 13.9. The van der Waals surface area contributed by atoms with Crippen LogP contribution < -0.4 is 10.5 Å². The highest BCUT2D eigenvalue weighted by atomic mass is 16.5. The third kappa shape index (κ3) is 4.77. The van der Waals surface area contributed by atoms with Gasteiger partial charge in [-0.25, -0.2) is 0 Å². The molecule has 1 unspecified atom stereocenters. The molecule has 0 bridgehead atoms. The summed E-state index contributed by atoms with van der Waals surface area (Å²) in [6, 6.07) is 15.4. The van der Waals surface area contributed by atoms with E-state index < -0.39 is 11.9 Å². The van der Waals surface area contributed by atoms with Gasteiger partial charge in [-0.15, -0.1) is 0 Å². The highest BCUT2D eigenvalue weighted by Gasteiger charge is 2.23. The molecule has 152 valence electrons. The van der Waals surface area contributed by atoms with Gasteiger partial charge in [0.05, 0.1) is 11.5 Å². The SMILES string of the molecule is Cc1oc2ccc(OC(C)c3ccccc3)cc2c1C(N)=O.O=C(O)C1CCC1. The number of nitrogens with two attached hydrogens (primary N) is 1. The lowest BCUT2D eigenvalue weighted by atomic mass is 9.86. The Morgan fingerprint density at radius 2 is 1.86 bits per heavy atom. The van der Waals surface area contributed by atoms with Crippen LogP contribution in [0.25, 0.3) is 11.0 Å². The summed E-state index contributed by atoms with van der Waals surface area (Å²) < 4.78 is 11.5. The standard InChI is InChI=1S/C18H17NO3.C5H8O2/c1-11(13-6-4-3-5-7-13)21-14-8-9-16-15(10-14)17(18(19)20)12(2)22-16;6-5(7)4-2-1-3-4/h3-11H,1-2H3,(H2,19,20);4H,1-3H2,(H,6,7). The summed E-state index contributed by atoms with van der Waals surface area (Å²) in [5.74, 6) is 0.0821. The number of fused-ring (bicyclic) bond motifs is 1. The molecule has 6 nitrogen and oxygen atoms in total. The second-order valence-corrected chi connectivity index (χ2v) is 7.19. The van der Waals surface area contributed by atoms with Crippen LogP contribution in [-0.4, -0.2) is 17.0 Å². The van der Waals surface area contributed by atoms with Crippen LogP contribution in [0.15, 0.2) is 52.9 Å². The molecule has 1 aliphatic carbocycles. The van der Waals surface area contributed by atoms with Crippen molar-refractivity contribution in [2.45, 2.75) is 39.2 Å². The number of aliphatic carboxylic acids is 1. The van der Waals surface area contributed by atoms with Crippen LogP contribution in [0.5, 0.6) is 5.75 Å². The smallest absolute Gasteiger partial charge is 0.306 e. The number of amides is 1. The number of aryl methyl sites for hydroxylation is 1. The van der Waals surface area contributed by atoms with Crippen LogP contribution >= 0.6 is 0 Å². The number of rotatable bonds is 5. The Labute approximate surface area is 169 Å². The average Bonchev–Trinajstić information content (AvgIpc) is 2.96. The van der Waals surface area contributed by atoms with Crippen LogP contribution in [0.1, 0.15) is 54.0 Å². The van der Waals surface area contributed by atoms with E-state index >= 15 is 0 Å². The van der Waals surface area contributed by atoms with E-state index in [-0.39, 0.29) is 12.0 Å². The van der Waals surface area contributed by atoms with Crippen molar-refractivity contribution in [1.29, 1.82) is 0 Å². The Morgan fingerprint density at radius 3 is 2.38 bits per heavy atom. The Balaban J connectivity index is 0.000000290. The minimum atomic E-state index is -0.619. The molecule has 0 saturated heterocycles. The number of hydrogen-bond acceptors (Lipinski definition) is 4. The first kappa shape index (κ1) is 20.5. The minimum absolute atomic E-state index is 0.000000000000000444. The van der Waals surface area contributed by atoms with Crippen molar-refractivity contribution in [2.75, 3.05) is 0 Å². The summed E-state index contributed by atoms with van der Waals surface area (Å²) in [6.07, 6.45) is 2.81. The van der Waals surface area contributed by atoms with Crippen molar-refractivity contribution >= 4 is 22.8 Å². The molecule has 4 rings (SSSR count). The summed E-state index contributed by atoms with van der Waals surface area (Å²) >= 11 is 0. The quantitative estimate of drug-likeness (QED) is 0.643. The first-order valence-corrected chi connectivity index (χ1v) is 9.64. The molecule has 1 fully saturated rings. The van der Waals surface area contributed by atoms with Gasteiger partial charge in [-0.2, -0.15) is 0 Å². The van der Waals surface area contributed by atoms with E-state index in [1.165, 1.54) is 0 Å². The normalized spacial score (nSPS) is 14.4. The number of furan rings is 1. The highest BCUT2D eigenvalue weighted by molar-refractivity contribution is 6.06. The van der Waals surface area contributed by atoms with E-state index in [0.29, 0.717) is 28.0 Å². The van der Waals surface area contributed by atoms with Gasteiger partial charge in [0.25, 0.3) is 5.91 Å². The van der Waals surface area contributed by atoms with Gasteiger partial charge in [-0.05, 0) is 50.5 Å². The molecule has 0 aliphatic heterocycles. The number of carboxylic acid groups (broad SMARTS) is 1. The number of carbonyl (C=O) groups is 2. The predicted molar refractivity (Wildman–Crippen MR) is 110 cm³/mol. The molecule has 0 radical (unpaired) electrons. The molecular formula is C23H25NO5. The van der Waals surface area contributed by atoms with Gasteiger partial charge in [-0.3, -0.25) is 9.59 Å². The van der Waals surface area contributed by atoms with Crippen molar-refractivity contribution in [3.05, 3.63) is 65.4 Å². The zero-order chi connectivity index (χ0) is 21.0. The Hall–Kier alpha value is -3.28. The van der Waals surface area contributed by atoms with Crippen molar-refractivity contribution in [1.82, 2.24) is 0 Å². The van der Waals surface area contributed by atoms with E-state index in [2.05, 4.69) is 0 Å². The van der Waals surface area contributed by atoms with Crippen LogP contribution in [0, 0.1) is 12.8 Å². The predicted octanol–water partition coefficient (Wildman–Crippen LogP) is 4.85. The fourth-order valence-corrected chi connectivity index (χ4v) is 3.23. The highest BCUT2D eigenvalue weighted by Crippen LogP contribution is 2.30. The number of carboxylic acids is 1. The second-order valence-electron chi connectivity index (χ2n) is 7.19. The van der Waals surface area contributed by atoms with Crippen molar-refractivity contribution in [3.8, 4) is 5.75 Å². The Bertz CT molecular complexity index is 1000. The van der Waals surface area contributed by atoms with Gasteiger partial charge < -0.3 is 20.0 Å². The van der Waals surface area contributed by atoms with Gasteiger partial charge in [0.2, 0.25) is 0 Å². The first-order valence-electron chi connectivity index (χ1n) is 9.64. The zero-order valence-electron chi connectivity index (χ0n) is 16.6. The van der Waals surface area contributed by atoms with Crippen LogP contribution in [0.4, 0.5) is 0 Å². The van der Waals surface area contributed by atoms with Gasteiger partial charge >= 0.3 is 5.97 Å². The van der Waals surface area contributed by atoms with Gasteiger partial charge in [-0.1, -0.05) is 36.8 Å². The fourth-order valence-electron chi connectivity index (χ4n) is 3.23. The maximum Gasteiger partial charge on any atom is 0.306 e. The summed E-state index contributed by atoms with van der Waals surface area (Å²) in [5, 5.41) is 8.92. The van der Waals surface area contributed by atoms with E-state index in [1.807, 2.05) is 43.3 Å². The fraction of sp³-hybridized carbons (Fsp3) is 0.304. The van der Waals surface area contributed by atoms with E-state index in [1.54, 1.807) is 19.1 Å². The lowest BCUT2D eigenvalue weighted by Crippen LogP contribution is -2.20. The monoisotopic (exact) mass is 395 g/mol. The molecule has 1 atom stereocenters. The maximum absolute atomic E-state index is 11.6. The van der Waals surface area contributed by atoms with Gasteiger partial charge in [0.15, 0.2) is 0 Å². The lowest BCUT2D eigenvalue weighted by molar-refractivity contribution is -0.144. The molecule has 1 heterocycles. The average molecular weight is 395 g/mol. The molecule has 29 heavy (non-hydrogen) atoms. The maximum atomic E-state index is 11.6. The Morgan fingerprint density at radius 1 is 1.17 bits per heavy atom. The topological polar surface area (TPSA) is 103 Å². The molecule has 1 aliphatic rings. The minimum Gasteiger partial charge on any atom is -0.486 e. The summed E-state index contributed by atoms with van der Waals surface area (Å²) in [7, 11) is 0. The summed E-state index contributed by atoms with van der Waals surface area (Å²) in [6.45, 7) is 3.71. The number of ether oxygens (including phenoxy) is 1. The summed E-state index contributed by atoms with van der Waals surface area (Å²) in [5.41, 5.74) is 7.55. The second kappa shape index (κ2) is 8.82. The molecule has 6 heteroatoms. The lowest BCUT2D eigenvalue weighted by Gasteiger charge is -2.19. The van der Waals surface area contributed by atoms with Gasteiger partial charge in [0.1, 0.15) is 23.2 Å². The van der Waals surface area contributed by atoms with Crippen LogP contribution in [0.2, 0.25) is 0 Å². The van der Waals surface area contributed by atoms with Crippen molar-refractivity contribution in [2.24, 2.45) is 11.7 Å². The number of primary amides is 1. The molecule has 1 aromatic heterocycles. The van der Waals surface area contributed by atoms with Crippen molar-refractivity contribution in [3.63, 3.8) is 0 Å². The summed E-state index contributed by atoms with van der Waals surface area (Å²) in [4.78, 5) is 21.6. The Kier molecular flexibility index (Phi) is 6.22. The number of benzene rings is 2. The van der Waals surface area contributed by atoms with Gasteiger partial charge in [0, 0.05) is 5.39 Å². The molecule has 0 spiro atoms. The van der Waals surface area contributed by atoms with E-state index in [4.69, 9.17) is 20.0 Å². The number of hydrogen-bond donors (Lipinski definition) is 2. The molecule has 3 aromatic rings. The molecule has 2 aromatic carbocycles.